The highest BCUT2D eigenvalue weighted by Gasteiger charge is 1.94. The molecule has 0 aromatic heterocycles. The van der Waals surface area contributed by atoms with Gasteiger partial charge in [-0.15, -0.1) is 0 Å². The molecule has 0 unspecified atom stereocenters. The van der Waals surface area contributed by atoms with Crippen LogP contribution in [0.2, 0.25) is 0 Å². The van der Waals surface area contributed by atoms with Crippen molar-refractivity contribution >= 4 is 16.9 Å². The number of phenols is 1. The second-order valence-electron chi connectivity index (χ2n) is 3.05. The lowest BCUT2D eigenvalue weighted by molar-refractivity contribution is 0.197. The van der Waals surface area contributed by atoms with E-state index in [1.54, 1.807) is 6.07 Å². The lowest BCUT2D eigenvalue weighted by atomic mass is 10.1. The third-order valence-corrected chi connectivity index (χ3v) is 1.98. The molecule has 0 saturated carbocycles. The standard InChI is InChI=1S/C10H8O.C2H5NO2/c11-10-7-3-5-8-4-1-2-6-9(8)10;1-3-2(4)5/h1-7,11H;3H,1H3,(H,4,5). The molecule has 0 radical (unpaired) electrons. The van der Waals surface area contributed by atoms with Crippen LogP contribution in [0, 0.1) is 0 Å². The largest absolute Gasteiger partial charge is 0.507 e. The molecule has 0 bridgehead atoms. The molecule has 16 heavy (non-hydrogen) atoms. The highest BCUT2D eigenvalue weighted by atomic mass is 16.4. The van der Waals surface area contributed by atoms with Crippen LogP contribution in [0.15, 0.2) is 42.5 Å². The first kappa shape index (κ1) is 11.8. The monoisotopic (exact) mass is 219 g/mol. The van der Waals surface area contributed by atoms with E-state index in [1.165, 1.54) is 7.05 Å². The van der Waals surface area contributed by atoms with E-state index in [1.807, 2.05) is 41.7 Å². The summed E-state index contributed by atoms with van der Waals surface area (Å²) in [5.41, 5.74) is 0. The number of phenolic OH excluding ortho intramolecular Hbond substituents is 1. The summed E-state index contributed by atoms with van der Waals surface area (Å²) in [6, 6.07) is 13.3. The minimum Gasteiger partial charge on any atom is -0.507 e. The van der Waals surface area contributed by atoms with Crippen LogP contribution in [0.4, 0.5) is 4.79 Å². The van der Waals surface area contributed by atoms with E-state index in [9.17, 15) is 9.90 Å². The molecule has 4 heteroatoms. The van der Waals surface area contributed by atoms with Gasteiger partial charge in [0.1, 0.15) is 5.75 Å². The molecule has 0 aliphatic rings. The lowest BCUT2D eigenvalue weighted by Gasteiger charge is -1.97. The van der Waals surface area contributed by atoms with Gasteiger partial charge in [-0.1, -0.05) is 36.4 Å². The molecule has 0 aliphatic heterocycles. The zero-order chi connectivity index (χ0) is 12.0. The van der Waals surface area contributed by atoms with Crippen LogP contribution in [0.1, 0.15) is 0 Å². The number of amides is 1. The number of nitrogens with one attached hydrogen (secondary N) is 1. The molecule has 2 aromatic carbocycles. The number of rotatable bonds is 0. The molecule has 0 fully saturated rings. The van der Waals surface area contributed by atoms with Crippen LogP contribution in [-0.2, 0) is 0 Å². The van der Waals surface area contributed by atoms with Crippen molar-refractivity contribution in [2.24, 2.45) is 0 Å². The van der Waals surface area contributed by atoms with Crippen LogP contribution >= 0.6 is 0 Å². The minimum atomic E-state index is -0.995. The molecular formula is C12H13NO3. The summed E-state index contributed by atoms with van der Waals surface area (Å²) in [5.74, 6) is 0.350. The van der Waals surface area contributed by atoms with Crippen molar-refractivity contribution in [3.05, 3.63) is 42.5 Å². The Bertz CT molecular complexity index is 477. The number of aromatic hydroxyl groups is 1. The van der Waals surface area contributed by atoms with Crippen LogP contribution in [-0.4, -0.2) is 23.4 Å². The van der Waals surface area contributed by atoms with E-state index in [0.29, 0.717) is 5.75 Å². The van der Waals surface area contributed by atoms with Crippen molar-refractivity contribution in [3.63, 3.8) is 0 Å². The van der Waals surface area contributed by atoms with E-state index in [-0.39, 0.29) is 0 Å². The summed E-state index contributed by atoms with van der Waals surface area (Å²) >= 11 is 0. The fourth-order valence-electron chi connectivity index (χ4n) is 1.21. The molecule has 0 aliphatic carbocycles. The van der Waals surface area contributed by atoms with Crippen LogP contribution in [0.3, 0.4) is 0 Å². The first-order valence-corrected chi connectivity index (χ1v) is 4.72. The maximum absolute atomic E-state index is 9.37. The summed E-state index contributed by atoms with van der Waals surface area (Å²) < 4.78 is 0. The highest BCUT2D eigenvalue weighted by molar-refractivity contribution is 5.87. The van der Waals surface area contributed by atoms with Gasteiger partial charge in [0.25, 0.3) is 0 Å². The topological polar surface area (TPSA) is 69.6 Å². The minimum absolute atomic E-state index is 0.350. The molecule has 84 valence electrons. The van der Waals surface area contributed by atoms with Gasteiger partial charge in [-0.3, -0.25) is 0 Å². The van der Waals surface area contributed by atoms with Gasteiger partial charge in [0.05, 0.1) is 0 Å². The number of benzene rings is 2. The van der Waals surface area contributed by atoms with Crippen molar-refractivity contribution in [3.8, 4) is 5.75 Å². The predicted octanol–water partition coefficient (Wildman–Crippen LogP) is 2.43. The Hall–Kier alpha value is -2.23. The molecule has 0 atom stereocenters. The number of fused-ring (bicyclic) bond motifs is 1. The summed E-state index contributed by atoms with van der Waals surface area (Å²) in [5, 5.41) is 20.9. The fourth-order valence-corrected chi connectivity index (χ4v) is 1.21. The molecule has 3 N–H and O–H groups in total. The average Bonchev–Trinajstić information content (AvgIpc) is 2.30. The van der Waals surface area contributed by atoms with E-state index < -0.39 is 6.09 Å². The normalized spacial score (nSPS) is 9.06. The van der Waals surface area contributed by atoms with Gasteiger partial charge in [0.2, 0.25) is 0 Å². The third-order valence-electron chi connectivity index (χ3n) is 1.98. The maximum atomic E-state index is 9.37. The zero-order valence-corrected chi connectivity index (χ0v) is 8.84. The summed E-state index contributed by atoms with van der Waals surface area (Å²) in [7, 11) is 1.35. The Morgan fingerprint density at radius 1 is 1.12 bits per heavy atom. The van der Waals surface area contributed by atoms with Gasteiger partial charge in [-0.25, -0.2) is 4.79 Å². The van der Waals surface area contributed by atoms with E-state index >= 15 is 0 Å². The lowest BCUT2D eigenvalue weighted by Crippen LogP contribution is -2.13. The van der Waals surface area contributed by atoms with Gasteiger partial charge in [-0.2, -0.15) is 0 Å². The highest BCUT2D eigenvalue weighted by Crippen LogP contribution is 2.22. The Balaban J connectivity index is 0.000000221. The second-order valence-corrected chi connectivity index (χ2v) is 3.05. The fraction of sp³-hybridized carbons (Fsp3) is 0.0833. The summed E-state index contributed by atoms with van der Waals surface area (Å²) in [6.07, 6.45) is -0.995. The molecule has 0 heterocycles. The summed E-state index contributed by atoms with van der Waals surface area (Å²) in [4.78, 5) is 9.26. The van der Waals surface area contributed by atoms with Gasteiger partial charge < -0.3 is 15.5 Å². The van der Waals surface area contributed by atoms with E-state index in [2.05, 4.69) is 0 Å². The molecule has 2 aromatic rings. The van der Waals surface area contributed by atoms with Crippen molar-refractivity contribution in [1.29, 1.82) is 0 Å². The number of carboxylic acid groups (broad SMARTS) is 1. The Morgan fingerprint density at radius 2 is 1.69 bits per heavy atom. The first-order chi connectivity index (χ1) is 7.65. The summed E-state index contributed by atoms with van der Waals surface area (Å²) in [6.45, 7) is 0. The van der Waals surface area contributed by atoms with Crippen molar-refractivity contribution in [2.45, 2.75) is 0 Å². The van der Waals surface area contributed by atoms with Gasteiger partial charge in [-0.05, 0) is 11.5 Å². The number of hydrogen-bond acceptors (Lipinski definition) is 2. The first-order valence-electron chi connectivity index (χ1n) is 4.72. The van der Waals surface area contributed by atoms with E-state index in [4.69, 9.17) is 5.11 Å². The molecule has 0 spiro atoms. The maximum Gasteiger partial charge on any atom is 0.404 e. The molecular weight excluding hydrogens is 206 g/mol. The molecule has 0 saturated heterocycles. The molecule has 4 nitrogen and oxygen atoms in total. The van der Waals surface area contributed by atoms with Crippen LogP contribution < -0.4 is 5.32 Å². The average molecular weight is 219 g/mol. The third kappa shape index (κ3) is 3.16. The van der Waals surface area contributed by atoms with Gasteiger partial charge in [0, 0.05) is 12.4 Å². The Morgan fingerprint density at radius 3 is 2.25 bits per heavy atom. The molecule has 1 amide bonds. The second kappa shape index (κ2) is 5.60. The molecule has 2 rings (SSSR count). The SMILES string of the molecule is CNC(=O)O.Oc1cccc2ccccc12. The number of carbonyl (C=O) groups is 1. The van der Waals surface area contributed by atoms with Crippen molar-refractivity contribution < 1.29 is 15.0 Å². The quantitative estimate of drug-likeness (QED) is 0.637. The zero-order valence-electron chi connectivity index (χ0n) is 8.84. The van der Waals surface area contributed by atoms with Crippen molar-refractivity contribution in [1.82, 2.24) is 5.32 Å². The Kier molecular flexibility index (Phi) is 4.15. The van der Waals surface area contributed by atoms with Crippen LogP contribution in [0.5, 0.6) is 5.75 Å². The van der Waals surface area contributed by atoms with Crippen LogP contribution in [0.25, 0.3) is 10.8 Å². The van der Waals surface area contributed by atoms with Gasteiger partial charge >= 0.3 is 6.09 Å². The smallest absolute Gasteiger partial charge is 0.404 e. The van der Waals surface area contributed by atoms with Crippen molar-refractivity contribution in [2.75, 3.05) is 7.05 Å². The van der Waals surface area contributed by atoms with Gasteiger partial charge in [0.15, 0.2) is 0 Å². The Labute approximate surface area is 93.1 Å². The number of hydrogen-bond donors (Lipinski definition) is 3. The van der Waals surface area contributed by atoms with E-state index in [0.717, 1.165) is 10.8 Å². The predicted molar refractivity (Wildman–Crippen MR) is 62.7 cm³/mol.